The molecule has 0 bridgehead atoms. The highest BCUT2D eigenvalue weighted by Crippen LogP contribution is 2.46. The molecule has 4 rings (SSSR count). The number of hydrogen-bond acceptors (Lipinski definition) is 13. The van der Waals surface area contributed by atoms with E-state index in [1.165, 1.54) is 6.07 Å². The van der Waals surface area contributed by atoms with E-state index in [1.807, 2.05) is 0 Å². The monoisotopic (exact) mass is 551 g/mol. The fourth-order valence-corrected chi connectivity index (χ4v) is 3.80. The van der Waals surface area contributed by atoms with Crippen molar-refractivity contribution in [1.82, 2.24) is 0 Å². The van der Waals surface area contributed by atoms with Crippen molar-refractivity contribution in [2.45, 2.75) is 37.1 Å². The van der Waals surface area contributed by atoms with E-state index in [0.29, 0.717) is 0 Å². The number of carbonyl (C=O) groups excluding carboxylic acids is 1. The summed E-state index contributed by atoms with van der Waals surface area (Å²) in [5.74, 6) is -6.57. The van der Waals surface area contributed by atoms with Gasteiger partial charge in [-0.2, -0.15) is 0 Å². The maximum atomic E-state index is 11.6. The van der Waals surface area contributed by atoms with Crippen molar-refractivity contribution in [2.24, 2.45) is 0 Å². The predicted octanol–water partition coefficient (Wildman–Crippen LogP) is 0.113. The summed E-state index contributed by atoms with van der Waals surface area (Å²) >= 11 is 0. The summed E-state index contributed by atoms with van der Waals surface area (Å²) in [6.45, 7) is -0.717. The van der Waals surface area contributed by atoms with Crippen molar-refractivity contribution in [3.63, 3.8) is 0 Å². The van der Waals surface area contributed by atoms with Crippen LogP contribution in [-0.4, -0.2) is 95.2 Å². The second-order valence-electron chi connectivity index (χ2n) is 8.53. The molecule has 1 saturated heterocycles. The van der Waals surface area contributed by atoms with E-state index < -0.39 is 84.4 Å². The van der Waals surface area contributed by atoms with E-state index in [2.05, 4.69) is 0 Å². The number of phenols is 5. The topological polar surface area (TPSA) is 255 Å². The lowest BCUT2D eigenvalue weighted by atomic mass is 9.99. The summed E-state index contributed by atoms with van der Waals surface area (Å²) in [7, 11) is 0. The Morgan fingerprint density at radius 3 is 2.26 bits per heavy atom. The van der Waals surface area contributed by atoms with Crippen LogP contribution in [0.25, 0.3) is 22.3 Å². The zero-order chi connectivity index (χ0) is 28.6. The van der Waals surface area contributed by atoms with Crippen LogP contribution in [0, 0.1) is 0 Å². The van der Waals surface area contributed by atoms with Crippen LogP contribution in [0.4, 0.5) is 0 Å². The Hall–Kier alpha value is -4.57. The Balaban J connectivity index is 1.73. The Labute approximate surface area is 217 Å². The standard InChI is InChI=1S/C24H22O15/c25-10-2-1-8(3-11(10)26)23-14(4-9-13(37-23)5-12(27)19(32)18(9)31)38-24-22(35)21(34)20(33)15(39-24)7-36-17(30)6-16(28)29/h1-5,15,20-22,24,33-35H,6-7H2,(H5-,25,26,27,28,29,31,32)/p+1. The minimum atomic E-state index is -1.90. The fourth-order valence-electron chi connectivity index (χ4n) is 3.80. The van der Waals surface area contributed by atoms with Gasteiger partial charge in [0, 0.05) is 12.1 Å². The van der Waals surface area contributed by atoms with Gasteiger partial charge >= 0.3 is 23.3 Å². The molecule has 2 aromatic carbocycles. The Kier molecular flexibility index (Phi) is 7.51. The first-order valence-corrected chi connectivity index (χ1v) is 11.2. The number of esters is 1. The molecule has 5 atom stereocenters. The van der Waals surface area contributed by atoms with Gasteiger partial charge in [0.25, 0.3) is 0 Å². The fraction of sp³-hybridized carbons (Fsp3) is 0.292. The largest absolute Gasteiger partial charge is 0.504 e. The van der Waals surface area contributed by atoms with Gasteiger partial charge in [-0.1, -0.05) is 0 Å². The van der Waals surface area contributed by atoms with Crippen LogP contribution in [0.5, 0.6) is 34.5 Å². The molecule has 1 aromatic heterocycles. The molecule has 15 heteroatoms. The van der Waals surface area contributed by atoms with E-state index in [9.17, 15) is 50.4 Å². The quantitative estimate of drug-likeness (QED) is 0.0817. The third-order valence-corrected chi connectivity index (χ3v) is 5.82. The molecule has 1 aliphatic rings. The highest BCUT2D eigenvalue weighted by molar-refractivity contribution is 5.91. The highest BCUT2D eigenvalue weighted by atomic mass is 16.7. The molecule has 15 nitrogen and oxygen atoms in total. The molecule has 0 saturated carbocycles. The third-order valence-electron chi connectivity index (χ3n) is 5.82. The van der Waals surface area contributed by atoms with Crippen LogP contribution in [0.3, 0.4) is 0 Å². The summed E-state index contributed by atoms with van der Waals surface area (Å²) in [6.07, 6.45) is -9.81. The highest BCUT2D eigenvalue weighted by Gasteiger charge is 2.46. The smallest absolute Gasteiger partial charge is 0.402 e. The van der Waals surface area contributed by atoms with Crippen LogP contribution in [0.15, 0.2) is 34.7 Å². The summed E-state index contributed by atoms with van der Waals surface area (Å²) in [4.78, 5) is 22.2. The maximum absolute atomic E-state index is 11.6. The van der Waals surface area contributed by atoms with Crippen molar-refractivity contribution < 1.29 is 74.2 Å². The van der Waals surface area contributed by atoms with Gasteiger partial charge < -0.3 is 60.2 Å². The molecule has 39 heavy (non-hydrogen) atoms. The number of ether oxygens (including phenoxy) is 3. The minimum absolute atomic E-state index is 0.0827. The lowest BCUT2D eigenvalue weighted by Crippen LogP contribution is -2.60. The van der Waals surface area contributed by atoms with Gasteiger partial charge in [-0.05, 0) is 12.1 Å². The zero-order valence-electron chi connectivity index (χ0n) is 19.7. The number of benzene rings is 2. The number of aliphatic hydroxyl groups excluding tert-OH is 3. The maximum Gasteiger partial charge on any atom is 0.402 e. The summed E-state index contributed by atoms with van der Waals surface area (Å²) in [5.41, 5.74) is -0.0826. The van der Waals surface area contributed by atoms with Gasteiger partial charge in [-0.25, -0.2) is 4.42 Å². The average Bonchev–Trinajstić information content (AvgIpc) is 2.88. The van der Waals surface area contributed by atoms with Gasteiger partial charge in [0.05, 0.1) is 11.6 Å². The van der Waals surface area contributed by atoms with Crippen LogP contribution < -0.4 is 4.74 Å². The minimum Gasteiger partial charge on any atom is -0.504 e. The van der Waals surface area contributed by atoms with E-state index in [1.54, 1.807) is 0 Å². The number of carbonyl (C=O) groups is 2. The van der Waals surface area contributed by atoms with Gasteiger partial charge in [-0.3, -0.25) is 9.59 Å². The molecule has 5 unspecified atom stereocenters. The van der Waals surface area contributed by atoms with Crippen molar-refractivity contribution in [3.8, 4) is 45.8 Å². The summed E-state index contributed by atoms with van der Waals surface area (Å²) in [5, 5.41) is 89.3. The molecule has 208 valence electrons. The molecular formula is C24H23O15+. The van der Waals surface area contributed by atoms with E-state index in [4.69, 9.17) is 23.7 Å². The molecule has 3 aromatic rings. The Bertz CT molecular complexity index is 1420. The van der Waals surface area contributed by atoms with E-state index in [0.717, 1.165) is 24.3 Å². The van der Waals surface area contributed by atoms with Gasteiger partial charge in [0.15, 0.2) is 23.0 Å². The van der Waals surface area contributed by atoms with Crippen LogP contribution >= 0.6 is 0 Å². The molecule has 1 aliphatic heterocycles. The molecule has 9 N–H and O–H groups in total. The van der Waals surface area contributed by atoms with Crippen molar-refractivity contribution >= 4 is 22.9 Å². The van der Waals surface area contributed by atoms with Crippen LogP contribution in [-0.2, 0) is 19.1 Å². The first-order valence-electron chi connectivity index (χ1n) is 11.2. The first-order chi connectivity index (χ1) is 18.4. The molecular weight excluding hydrogens is 528 g/mol. The predicted molar refractivity (Wildman–Crippen MR) is 125 cm³/mol. The van der Waals surface area contributed by atoms with Crippen LogP contribution in [0.1, 0.15) is 6.42 Å². The molecule has 2 heterocycles. The average molecular weight is 551 g/mol. The normalized spacial score (nSPS) is 22.9. The molecule has 1 fully saturated rings. The number of aliphatic carboxylic acids is 1. The number of aliphatic hydroxyl groups is 3. The van der Waals surface area contributed by atoms with Crippen molar-refractivity contribution in [2.75, 3.05) is 6.61 Å². The number of aromatic hydroxyl groups is 5. The van der Waals surface area contributed by atoms with Crippen molar-refractivity contribution in [3.05, 3.63) is 30.3 Å². The molecule has 0 amide bonds. The van der Waals surface area contributed by atoms with E-state index in [-0.39, 0.29) is 28.0 Å². The Morgan fingerprint density at radius 2 is 1.59 bits per heavy atom. The number of hydrogen-bond donors (Lipinski definition) is 9. The molecule has 0 aliphatic carbocycles. The SMILES string of the molecule is O=C(O)CC(=O)OCC1OC(Oc2cc3c(O)c(O)c(O)cc3[o+]c2-c2ccc(O)c(O)c2)C(O)C(O)C1O. The van der Waals surface area contributed by atoms with Gasteiger partial charge in [0.1, 0.15) is 42.8 Å². The third kappa shape index (κ3) is 5.51. The van der Waals surface area contributed by atoms with Gasteiger partial charge in [0.2, 0.25) is 17.8 Å². The number of carboxylic acids is 1. The van der Waals surface area contributed by atoms with E-state index >= 15 is 0 Å². The zero-order valence-corrected chi connectivity index (χ0v) is 19.7. The van der Waals surface area contributed by atoms with Crippen LogP contribution in [0.2, 0.25) is 0 Å². The second kappa shape index (κ2) is 10.7. The number of fused-ring (bicyclic) bond motifs is 1. The number of phenolic OH excluding ortho intramolecular Hbond substituents is 5. The first kappa shape index (κ1) is 27.5. The summed E-state index contributed by atoms with van der Waals surface area (Å²) in [6, 6.07) is 5.59. The Morgan fingerprint density at radius 1 is 0.872 bits per heavy atom. The van der Waals surface area contributed by atoms with Crippen molar-refractivity contribution in [1.29, 1.82) is 0 Å². The summed E-state index contributed by atoms with van der Waals surface area (Å²) < 4.78 is 21.7. The molecule has 0 radical (unpaired) electrons. The van der Waals surface area contributed by atoms with Gasteiger partial charge in [-0.15, -0.1) is 0 Å². The lowest BCUT2D eigenvalue weighted by molar-refractivity contribution is -0.278. The number of rotatable bonds is 7. The second-order valence-corrected chi connectivity index (χ2v) is 8.53. The number of carboxylic acid groups (broad SMARTS) is 1. The lowest BCUT2D eigenvalue weighted by Gasteiger charge is -2.39. The molecule has 0 spiro atoms.